The summed E-state index contributed by atoms with van der Waals surface area (Å²) < 4.78 is 31.7. The van der Waals surface area contributed by atoms with E-state index in [9.17, 15) is 22.8 Å². The number of alkyl halides is 3. The molecule has 1 aliphatic carbocycles. The van der Waals surface area contributed by atoms with Gasteiger partial charge in [0.1, 0.15) is 0 Å². The molecule has 2 atom stereocenters. The van der Waals surface area contributed by atoms with Gasteiger partial charge in [0, 0.05) is 24.4 Å². The summed E-state index contributed by atoms with van der Waals surface area (Å²) in [5, 5.41) is 13.6. The Balaban J connectivity index is 0.000000429. The normalized spacial score (nSPS) is 20.9. The molecule has 4 rings (SSSR count). The molecule has 35 heavy (non-hydrogen) atoms. The van der Waals surface area contributed by atoms with E-state index in [0.717, 1.165) is 50.9 Å². The first-order valence-corrected chi connectivity index (χ1v) is 12.1. The molecule has 0 bridgehead atoms. The Morgan fingerprint density at radius 1 is 1.14 bits per heavy atom. The van der Waals surface area contributed by atoms with Gasteiger partial charge in [-0.1, -0.05) is 50.0 Å². The molecule has 192 valence electrons. The van der Waals surface area contributed by atoms with Crippen LogP contribution in [0.1, 0.15) is 50.5 Å². The molecule has 2 aliphatic heterocycles. The number of aliphatic carboxylic acids is 1. The molecule has 1 saturated carbocycles. The highest BCUT2D eigenvalue weighted by atomic mass is 19.4. The van der Waals surface area contributed by atoms with E-state index in [1.165, 1.54) is 24.8 Å². The maximum atomic E-state index is 12.8. The molecule has 7 nitrogen and oxygen atoms in total. The van der Waals surface area contributed by atoms with Crippen molar-refractivity contribution in [2.45, 2.75) is 69.6 Å². The summed E-state index contributed by atoms with van der Waals surface area (Å²) in [5.41, 5.74) is 2.25. The van der Waals surface area contributed by atoms with Gasteiger partial charge in [-0.2, -0.15) is 13.2 Å². The summed E-state index contributed by atoms with van der Waals surface area (Å²) in [6, 6.07) is 7.94. The van der Waals surface area contributed by atoms with E-state index < -0.39 is 12.1 Å². The zero-order valence-electron chi connectivity index (χ0n) is 19.5. The number of rotatable bonds is 6. The lowest BCUT2D eigenvalue weighted by Crippen LogP contribution is -2.49. The lowest BCUT2D eigenvalue weighted by atomic mass is 9.80. The summed E-state index contributed by atoms with van der Waals surface area (Å²) in [6.45, 7) is 1.64. The highest BCUT2D eigenvalue weighted by Gasteiger charge is 2.38. The topological polar surface area (TPSA) is 98.7 Å². The highest BCUT2D eigenvalue weighted by molar-refractivity contribution is 6.03. The average molecular weight is 496 g/mol. The molecule has 2 fully saturated rings. The number of nitrogens with one attached hydrogen (secondary N) is 2. The molecular weight excluding hydrogens is 463 g/mol. The number of piperidine rings is 1. The average Bonchev–Trinajstić information content (AvgIpc) is 3.24. The lowest BCUT2D eigenvalue weighted by Gasteiger charge is -2.30. The van der Waals surface area contributed by atoms with Crippen LogP contribution in [0.2, 0.25) is 0 Å². The third kappa shape index (κ3) is 7.81. The van der Waals surface area contributed by atoms with Crippen molar-refractivity contribution < 1.29 is 32.7 Å². The fourth-order valence-electron chi connectivity index (χ4n) is 4.49. The van der Waals surface area contributed by atoms with Crippen LogP contribution in [-0.4, -0.2) is 54.2 Å². The number of carbonyl (C=O) groups is 3. The predicted octanol–water partition coefficient (Wildman–Crippen LogP) is 3.58. The molecule has 2 amide bonds. The smallest absolute Gasteiger partial charge is 0.475 e. The summed E-state index contributed by atoms with van der Waals surface area (Å²) in [6.07, 6.45) is 7.22. The first-order chi connectivity index (χ1) is 16.6. The highest BCUT2D eigenvalue weighted by Crippen LogP contribution is 2.31. The number of hydrogen-bond acceptors (Lipinski definition) is 4. The Morgan fingerprint density at radius 3 is 2.46 bits per heavy atom. The Morgan fingerprint density at radius 2 is 1.86 bits per heavy atom. The fourth-order valence-corrected chi connectivity index (χ4v) is 4.49. The fraction of sp³-hybridized carbons (Fsp3) is 0.560. The number of benzene rings is 1. The second-order valence-corrected chi connectivity index (χ2v) is 9.18. The second-order valence-electron chi connectivity index (χ2n) is 9.18. The van der Waals surface area contributed by atoms with Gasteiger partial charge in [-0.25, -0.2) is 4.79 Å². The van der Waals surface area contributed by atoms with Crippen molar-refractivity contribution in [3.05, 3.63) is 42.0 Å². The molecule has 3 aliphatic rings. The van der Waals surface area contributed by atoms with Crippen LogP contribution in [0.15, 0.2) is 36.4 Å². The maximum Gasteiger partial charge on any atom is 0.490 e. The molecule has 0 aromatic heterocycles. The summed E-state index contributed by atoms with van der Waals surface area (Å²) in [7, 11) is 0. The van der Waals surface area contributed by atoms with Crippen LogP contribution in [0.4, 0.5) is 18.9 Å². The molecule has 2 heterocycles. The van der Waals surface area contributed by atoms with E-state index >= 15 is 0 Å². The molecule has 3 N–H and O–H groups in total. The number of hydrogen-bond donors (Lipinski definition) is 3. The van der Waals surface area contributed by atoms with Gasteiger partial charge in [0.2, 0.25) is 5.91 Å². The van der Waals surface area contributed by atoms with Crippen LogP contribution in [0.3, 0.4) is 0 Å². The van der Waals surface area contributed by atoms with Gasteiger partial charge >= 0.3 is 12.1 Å². The first kappa shape index (κ1) is 26.7. The summed E-state index contributed by atoms with van der Waals surface area (Å²) in [4.78, 5) is 36.2. The zero-order valence-corrected chi connectivity index (χ0v) is 19.5. The number of nitrogens with zero attached hydrogens (tertiary/aromatic N) is 1. The molecule has 0 unspecified atom stereocenters. The van der Waals surface area contributed by atoms with Crippen molar-refractivity contribution in [3.8, 4) is 0 Å². The lowest BCUT2D eigenvalue weighted by molar-refractivity contribution is -0.192. The summed E-state index contributed by atoms with van der Waals surface area (Å²) in [5.74, 6) is -2.01. The van der Waals surface area contributed by atoms with Gasteiger partial charge in [-0.15, -0.1) is 0 Å². The van der Waals surface area contributed by atoms with E-state index in [1.54, 1.807) is 6.08 Å². The van der Waals surface area contributed by atoms with Gasteiger partial charge in [0.05, 0.1) is 6.04 Å². The number of carboxylic acids is 1. The third-order valence-corrected chi connectivity index (χ3v) is 6.63. The van der Waals surface area contributed by atoms with Gasteiger partial charge < -0.3 is 20.6 Å². The van der Waals surface area contributed by atoms with Crippen molar-refractivity contribution >= 4 is 23.5 Å². The Hall–Kier alpha value is -2.88. The Labute approximate surface area is 202 Å². The van der Waals surface area contributed by atoms with E-state index in [-0.39, 0.29) is 23.9 Å². The first-order valence-electron chi connectivity index (χ1n) is 12.1. The second kappa shape index (κ2) is 12.2. The molecular formula is C25H32F3N3O4. The van der Waals surface area contributed by atoms with Crippen LogP contribution in [0, 0.1) is 5.92 Å². The number of carbonyl (C=O) groups excluding carboxylic acids is 2. The van der Waals surface area contributed by atoms with Gasteiger partial charge in [-0.3, -0.25) is 9.59 Å². The molecule has 1 saturated heterocycles. The van der Waals surface area contributed by atoms with E-state index in [2.05, 4.69) is 16.7 Å². The van der Waals surface area contributed by atoms with Crippen LogP contribution in [0.25, 0.3) is 0 Å². The number of fused-ring (bicyclic) bond motifs is 1. The number of anilines is 1. The standard InChI is InChI=1S/C23H31N3O2.C2HF3O2/c27-22(26-15-13-18-8-1-2-10-21(18)26)12-11-19(16-17-6-5-7-17)25-23(28)20-9-3-4-14-24-20;3-2(4,5)1(6)7/h1-2,8,10-12,17,19-20,24H,3-7,9,13-16H2,(H,25,28);(H,6,7)/t19-,20+;/m1./s1. The van der Waals surface area contributed by atoms with Crippen molar-refractivity contribution in [3.63, 3.8) is 0 Å². The minimum Gasteiger partial charge on any atom is -0.475 e. The molecule has 1 aromatic rings. The van der Waals surface area contributed by atoms with Gasteiger partial charge in [0.15, 0.2) is 0 Å². The summed E-state index contributed by atoms with van der Waals surface area (Å²) >= 11 is 0. The van der Waals surface area contributed by atoms with Crippen molar-refractivity contribution in [1.82, 2.24) is 10.6 Å². The van der Waals surface area contributed by atoms with Gasteiger partial charge in [0.25, 0.3) is 5.91 Å². The SMILES string of the molecule is O=C(N[C@H](C=CC(=O)N1CCc2ccccc21)CC1CCC1)[C@@H]1CCCCN1.O=C(O)C(F)(F)F. The van der Waals surface area contributed by atoms with Crippen molar-refractivity contribution in [1.29, 1.82) is 0 Å². The molecule has 0 radical (unpaired) electrons. The quantitative estimate of drug-likeness (QED) is 0.524. The Kier molecular flexibility index (Phi) is 9.31. The van der Waals surface area contributed by atoms with Crippen LogP contribution >= 0.6 is 0 Å². The largest absolute Gasteiger partial charge is 0.490 e. The van der Waals surface area contributed by atoms with Gasteiger partial charge in [-0.05, 0) is 49.8 Å². The van der Waals surface area contributed by atoms with Crippen molar-refractivity contribution in [2.75, 3.05) is 18.0 Å². The van der Waals surface area contributed by atoms with Crippen LogP contribution in [0.5, 0.6) is 0 Å². The van der Waals surface area contributed by atoms with E-state index in [1.807, 2.05) is 29.2 Å². The van der Waals surface area contributed by atoms with Crippen LogP contribution < -0.4 is 15.5 Å². The minimum absolute atomic E-state index is 0.00796. The third-order valence-electron chi connectivity index (χ3n) is 6.63. The van der Waals surface area contributed by atoms with E-state index in [0.29, 0.717) is 5.92 Å². The number of para-hydroxylation sites is 1. The zero-order chi connectivity index (χ0) is 25.4. The number of halogens is 3. The number of amides is 2. The maximum absolute atomic E-state index is 12.8. The number of carboxylic acid groups (broad SMARTS) is 1. The van der Waals surface area contributed by atoms with Crippen LogP contribution in [-0.2, 0) is 20.8 Å². The van der Waals surface area contributed by atoms with Crippen molar-refractivity contribution in [2.24, 2.45) is 5.92 Å². The predicted molar refractivity (Wildman–Crippen MR) is 125 cm³/mol. The molecule has 10 heteroatoms. The van der Waals surface area contributed by atoms with E-state index in [4.69, 9.17) is 9.90 Å². The minimum atomic E-state index is -5.08. The Bertz CT molecular complexity index is 925. The monoisotopic (exact) mass is 495 g/mol. The molecule has 1 aromatic carbocycles. The molecule has 0 spiro atoms.